The van der Waals surface area contributed by atoms with E-state index in [9.17, 15) is 15.3 Å². The third-order valence-electron chi connectivity index (χ3n) is 5.00. The summed E-state index contributed by atoms with van der Waals surface area (Å²) in [4.78, 5) is -0.256. The van der Waals surface area contributed by atoms with Crippen molar-refractivity contribution in [2.24, 2.45) is 0 Å². The van der Waals surface area contributed by atoms with E-state index in [-0.39, 0.29) is 28.1 Å². The van der Waals surface area contributed by atoms with Crippen LogP contribution in [0.4, 0.5) is 0 Å². The van der Waals surface area contributed by atoms with Gasteiger partial charge in [-0.2, -0.15) is 0 Å². The fourth-order valence-electron chi connectivity index (χ4n) is 3.97. The van der Waals surface area contributed by atoms with Gasteiger partial charge < -0.3 is 20.6 Å². The zero-order valence-corrected chi connectivity index (χ0v) is 14.6. The molecular weight excluding hydrogens is 370 g/mol. The molecule has 0 saturated carbocycles. The Bertz CT molecular complexity index is 862. The van der Waals surface area contributed by atoms with E-state index in [4.69, 9.17) is 0 Å². The van der Waals surface area contributed by atoms with Crippen LogP contribution in [0.5, 0.6) is 17.2 Å². The van der Waals surface area contributed by atoms with Crippen molar-refractivity contribution in [1.29, 1.82) is 0 Å². The number of benzene rings is 2. The molecule has 0 fully saturated rings. The topological polar surface area (TPSA) is 72.7 Å². The largest absolute Gasteiger partial charge is 0.508 e. The molecule has 4 N–H and O–H groups in total. The first-order valence-corrected chi connectivity index (χ1v) is 8.87. The van der Waals surface area contributed by atoms with Crippen molar-refractivity contribution in [3.8, 4) is 28.4 Å². The van der Waals surface area contributed by atoms with Crippen LogP contribution < -0.4 is 5.32 Å². The molecule has 0 amide bonds. The number of hydrogen-bond acceptors (Lipinski definition) is 4. The van der Waals surface area contributed by atoms with Crippen molar-refractivity contribution < 1.29 is 15.3 Å². The number of nitrogens with one attached hydrogen (secondary N) is 1. The SMILES string of the molecule is C=CC(Br)c1c(O)cc2c3c1-c1c(ccc(O)c1O)CC3NCC2. The summed E-state index contributed by atoms with van der Waals surface area (Å²) >= 11 is 3.55. The third-order valence-corrected chi connectivity index (χ3v) is 5.84. The van der Waals surface area contributed by atoms with Crippen LogP contribution in [0.1, 0.15) is 33.1 Å². The van der Waals surface area contributed by atoms with Gasteiger partial charge in [-0.05, 0) is 53.8 Å². The normalized spacial score (nSPS) is 19.3. The maximum absolute atomic E-state index is 10.6. The Morgan fingerprint density at radius 2 is 1.96 bits per heavy atom. The van der Waals surface area contributed by atoms with Gasteiger partial charge in [0.25, 0.3) is 0 Å². The van der Waals surface area contributed by atoms with Crippen LogP contribution in [0.15, 0.2) is 30.9 Å². The summed E-state index contributed by atoms with van der Waals surface area (Å²) in [6, 6.07) is 5.33. The smallest absolute Gasteiger partial charge is 0.165 e. The maximum Gasteiger partial charge on any atom is 0.165 e. The lowest BCUT2D eigenvalue weighted by atomic mass is 9.75. The maximum atomic E-state index is 10.6. The van der Waals surface area contributed by atoms with Crippen LogP contribution in [-0.4, -0.2) is 21.9 Å². The van der Waals surface area contributed by atoms with Crippen LogP contribution in [0, 0.1) is 0 Å². The second-order valence-corrected chi connectivity index (χ2v) is 7.31. The van der Waals surface area contributed by atoms with Crippen molar-refractivity contribution in [2.45, 2.75) is 23.7 Å². The standard InChI is InChI=1S/C19H18BrNO3/c1-2-11(20)17-14(23)8-10-5-6-21-12-7-9-3-4-13(22)19(24)16(9)18(17)15(10)12/h2-4,8,11-12,21-24H,1,5-7H2. The predicted octanol–water partition coefficient (Wildman–Crippen LogP) is 3.84. The lowest BCUT2D eigenvalue weighted by Crippen LogP contribution is -2.34. The summed E-state index contributed by atoms with van der Waals surface area (Å²) in [6.45, 7) is 4.67. The van der Waals surface area contributed by atoms with Gasteiger partial charge in [0.1, 0.15) is 5.75 Å². The van der Waals surface area contributed by atoms with E-state index >= 15 is 0 Å². The van der Waals surface area contributed by atoms with E-state index < -0.39 is 0 Å². The first-order chi connectivity index (χ1) is 11.5. The van der Waals surface area contributed by atoms with E-state index in [2.05, 4.69) is 27.8 Å². The molecule has 2 aromatic carbocycles. The average Bonchev–Trinajstić information content (AvgIpc) is 2.57. The van der Waals surface area contributed by atoms with Crippen molar-refractivity contribution in [1.82, 2.24) is 5.32 Å². The highest BCUT2D eigenvalue weighted by molar-refractivity contribution is 9.09. The van der Waals surface area contributed by atoms with Crippen LogP contribution in [0.2, 0.25) is 0 Å². The molecule has 124 valence electrons. The van der Waals surface area contributed by atoms with Crippen molar-refractivity contribution >= 4 is 15.9 Å². The zero-order valence-electron chi connectivity index (χ0n) is 13.0. The van der Waals surface area contributed by atoms with Gasteiger partial charge in [-0.25, -0.2) is 0 Å². The van der Waals surface area contributed by atoms with E-state index in [1.54, 1.807) is 6.08 Å². The Morgan fingerprint density at radius 1 is 1.17 bits per heavy atom. The molecule has 1 aliphatic carbocycles. The molecular formula is C19H18BrNO3. The predicted molar refractivity (Wildman–Crippen MR) is 96.9 cm³/mol. The molecule has 0 aromatic heterocycles. The molecule has 2 atom stereocenters. The molecule has 0 radical (unpaired) electrons. The number of fused-ring (bicyclic) bond motifs is 2. The molecule has 24 heavy (non-hydrogen) atoms. The van der Waals surface area contributed by atoms with Gasteiger partial charge in [0.05, 0.1) is 4.83 Å². The number of phenols is 3. The van der Waals surface area contributed by atoms with E-state index in [1.807, 2.05) is 12.1 Å². The Balaban J connectivity index is 2.15. The minimum absolute atomic E-state index is 0.130. The summed E-state index contributed by atoms with van der Waals surface area (Å²) in [5, 5.41) is 34.7. The molecule has 0 bridgehead atoms. The molecule has 2 aliphatic rings. The minimum atomic E-state index is -0.256. The van der Waals surface area contributed by atoms with Gasteiger partial charge in [-0.15, -0.1) is 6.58 Å². The molecule has 1 aliphatic heterocycles. The van der Waals surface area contributed by atoms with Gasteiger partial charge in [0.15, 0.2) is 11.5 Å². The van der Waals surface area contributed by atoms with E-state index in [0.29, 0.717) is 11.1 Å². The molecule has 2 aromatic rings. The third kappa shape index (κ3) is 2.08. The Hall–Kier alpha value is -1.98. The number of phenolic OH excluding ortho intramolecular Hbond substituents is 3. The fourth-order valence-corrected chi connectivity index (χ4v) is 4.44. The van der Waals surface area contributed by atoms with E-state index in [1.165, 1.54) is 6.07 Å². The Morgan fingerprint density at radius 3 is 2.71 bits per heavy atom. The van der Waals surface area contributed by atoms with Gasteiger partial charge in [-0.3, -0.25) is 0 Å². The molecule has 1 heterocycles. The average molecular weight is 388 g/mol. The van der Waals surface area contributed by atoms with Gasteiger partial charge in [-0.1, -0.05) is 28.1 Å². The van der Waals surface area contributed by atoms with Gasteiger partial charge in [0, 0.05) is 17.2 Å². The highest BCUT2D eigenvalue weighted by atomic mass is 79.9. The zero-order chi connectivity index (χ0) is 17.0. The summed E-state index contributed by atoms with van der Waals surface area (Å²) in [5.41, 5.74) is 5.25. The first kappa shape index (κ1) is 15.5. The van der Waals surface area contributed by atoms with Gasteiger partial charge in [0.2, 0.25) is 0 Å². The molecule has 0 spiro atoms. The summed E-state index contributed by atoms with van der Waals surface area (Å²) < 4.78 is 0. The van der Waals surface area contributed by atoms with Crippen LogP contribution >= 0.6 is 15.9 Å². The fraction of sp³-hybridized carbons (Fsp3) is 0.263. The molecule has 4 rings (SSSR count). The summed E-state index contributed by atoms with van der Waals surface area (Å²) in [7, 11) is 0. The second-order valence-electron chi connectivity index (χ2n) is 6.32. The summed E-state index contributed by atoms with van der Waals surface area (Å²) in [5.74, 6) is -0.0974. The van der Waals surface area contributed by atoms with Crippen LogP contribution in [-0.2, 0) is 12.8 Å². The number of aromatic hydroxyl groups is 3. The number of allylic oxidation sites excluding steroid dienone is 1. The number of hydrogen-bond donors (Lipinski definition) is 4. The van der Waals surface area contributed by atoms with Crippen molar-refractivity contribution in [3.05, 3.63) is 53.1 Å². The molecule has 2 unspecified atom stereocenters. The van der Waals surface area contributed by atoms with Crippen LogP contribution in [0.25, 0.3) is 11.1 Å². The minimum Gasteiger partial charge on any atom is -0.508 e. The van der Waals surface area contributed by atoms with Gasteiger partial charge >= 0.3 is 0 Å². The lowest BCUT2D eigenvalue weighted by molar-refractivity contribution is 0.402. The van der Waals surface area contributed by atoms with Crippen molar-refractivity contribution in [2.75, 3.05) is 6.54 Å². The highest BCUT2D eigenvalue weighted by Crippen LogP contribution is 2.54. The Kier molecular flexibility index (Phi) is 3.58. The number of rotatable bonds is 2. The molecule has 5 heteroatoms. The number of halogens is 1. The number of alkyl halides is 1. The second kappa shape index (κ2) is 5.53. The molecule has 0 saturated heterocycles. The van der Waals surface area contributed by atoms with Crippen molar-refractivity contribution in [3.63, 3.8) is 0 Å². The quantitative estimate of drug-likeness (QED) is 0.359. The monoisotopic (exact) mass is 387 g/mol. The lowest BCUT2D eigenvalue weighted by Gasteiger charge is -2.36. The highest BCUT2D eigenvalue weighted by Gasteiger charge is 2.35. The molecule has 4 nitrogen and oxygen atoms in total. The first-order valence-electron chi connectivity index (χ1n) is 7.95. The van der Waals surface area contributed by atoms with E-state index in [0.717, 1.165) is 41.6 Å². The Labute approximate surface area is 148 Å². The summed E-state index contributed by atoms with van der Waals surface area (Å²) in [6.07, 6.45) is 3.27. The van der Waals surface area contributed by atoms with Crippen LogP contribution in [0.3, 0.4) is 0 Å².